The van der Waals surface area contributed by atoms with Gasteiger partial charge in [0.05, 0.1) is 33.7 Å². The Morgan fingerprint density at radius 1 is 0.418 bits per heavy atom. The Balaban J connectivity index is 1.01. The molecule has 0 spiro atoms. The van der Waals surface area contributed by atoms with Crippen molar-refractivity contribution >= 4 is 87.5 Å². The lowest BCUT2D eigenvalue weighted by Crippen LogP contribution is -1.93. The Hall–Kier alpha value is -7.55. The fraction of sp³-hybridized carbons (Fsp3) is 0.0200. The highest BCUT2D eigenvalue weighted by atomic mass is 16.3. The number of furan rings is 2. The zero-order valence-corrected chi connectivity index (χ0v) is 29.7. The molecule has 0 N–H and O–H groups in total. The van der Waals surface area contributed by atoms with E-state index >= 15 is 0 Å². The van der Waals surface area contributed by atoms with Gasteiger partial charge < -0.3 is 18.0 Å². The molecule has 0 bridgehead atoms. The summed E-state index contributed by atoms with van der Waals surface area (Å²) in [4.78, 5) is 0. The lowest BCUT2D eigenvalue weighted by molar-refractivity contribution is 0.668. The third-order valence-corrected chi connectivity index (χ3v) is 11.5. The molecular weight excluding hydrogens is 675 g/mol. The third kappa shape index (κ3) is 4.16. The number of fused-ring (bicyclic) bond motifs is 12. The molecule has 0 saturated carbocycles. The van der Waals surface area contributed by atoms with Crippen LogP contribution >= 0.6 is 0 Å². The fourth-order valence-corrected chi connectivity index (χ4v) is 9.04. The van der Waals surface area contributed by atoms with Crippen LogP contribution < -0.4 is 0 Å². The third-order valence-electron chi connectivity index (χ3n) is 11.5. The van der Waals surface area contributed by atoms with Crippen molar-refractivity contribution < 1.29 is 8.83 Å². The molecule has 256 valence electrons. The number of nitrogens with zero attached hydrogens (tertiary/aromatic N) is 3. The Morgan fingerprint density at radius 2 is 0.873 bits per heavy atom. The summed E-state index contributed by atoms with van der Waals surface area (Å²) < 4.78 is 17.4. The van der Waals surface area contributed by atoms with Gasteiger partial charge in [-0.3, -0.25) is 0 Å². The monoisotopic (exact) mass is 703 g/mol. The van der Waals surface area contributed by atoms with Crippen LogP contribution in [0.15, 0.2) is 167 Å². The van der Waals surface area contributed by atoms with Crippen LogP contribution in [0.25, 0.3) is 110 Å². The van der Waals surface area contributed by atoms with Crippen LogP contribution in [0.5, 0.6) is 0 Å². The van der Waals surface area contributed by atoms with E-state index in [4.69, 9.17) is 8.83 Å². The summed E-state index contributed by atoms with van der Waals surface area (Å²) in [7, 11) is 0. The molecule has 0 saturated heterocycles. The summed E-state index contributed by atoms with van der Waals surface area (Å²) in [5.74, 6) is 0. The van der Waals surface area contributed by atoms with Crippen molar-refractivity contribution in [1.82, 2.24) is 9.13 Å². The first-order valence-electron chi connectivity index (χ1n) is 18.5. The molecule has 5 heteroatoms. The molecule has 0 fully saturated rings. The highest BCUT2D eigenvalue weighted by Gasteiger charge is 2.19. The maximum Gasteiger partial charge on any atom is 0.135 e. The normalized spacial score (nSPS) is 12.1. The standard InChI is InChI=1S/C50H29N3O2/c1-29-8-6-14-43-49(29)35-10-2-4-12-41(35)52(43)33-18-22-47-39(26-33)37-24-30(16-20-45(37)54-47)31-17-21-46-38(25-31)40-27-34(19-23-48(40)55-46)53-42-13-5-3-11-36(42)50-32(28-51)9-7-15-44(50)53/h2-27H,1H3. The Labute approximate surface area is 314 Å². The van der Waals surface area contributed by atoms with E-state index in [0.717, 1.165) is 88.2 Å². The van der Waals surface area contributed by atoms with Crippen LogP contribution in [0.2, 0.25) is 0 Å². The largest absolute Gasteiger partial charge is 0.456 e. The van der Waals surface area contributed by atoms with E-state index < -0.39 is 0 Å². The van der Waals surface area contributed by atoms with Gasteiger partial charge in [-0.2, -0.15) is 5.26 Å². The Bertz CT molecular complexity index is 3640. The molecule has 0 aliphatic carbocycles. The summed E-state index contributed by atoms with van der Waals surface area (Å²) in [6.07, 6.45) is 0. The quantitative estimate of drug-likeness (QED) is 0.184. The van der Waals surface area contributed by atoms with Crippen LogP contribution in [0.3, 0.4) is 0 Å². The van der Waals surface area contributed by atoms with Crippen molar-refractivity contribution in [3.63, 3.8) is 0 Å². The van der Waals surface area contributed by atoms with Gasteiger partial charge in [0.25, 0.3) is 0 Å². The van der Waals surface area contributed by atoms with Crippen molar-refractivity contribution in [1.29, 1.82) is 5.26 Å². The summed E-state index contributed by atoms with van der Waals surface area (Å²) in [6, 6.07) is 57.6. The van der Waals surface area contributed by atoms with Gasteiger partial charge in [-0.15, -0.1) is 0 Å². The smallest absolute Gasteiger partial charge is 0.135 e. The summed E-state index contributed by atoms with van der Waals surface area (Å²) >= 11 is 0. The molecule has 8 aromatic carbocycles. The van der Waals surface area contributed by atoms with Gasteiger partial charge in [0, 0.05) is 54.5 Å². The van der Waals surface area contributed by atoms with E-state index in [9.17, 15) is 5.26 Å². The second-order valence-corrected chi connectivity index (χ2v) is 14.5. The SMILES string of the molecule is Cc1cccc2c1c1ccccc1n2-c1ccc2oc3ccc(-c4ccc5oc6ccc(-n7c8ccccc8c8c(C#N)cccc87)cc6c5c4)cc3c2c1. The van der Waals surface area contributed by atoms with Crippen molar-refractivity contribution in [2.24, 2.45) is 0 Å². The predicted molar refractivity (Wildman–Crippen MR) is 225 cm³/mol. The zero-order chi connectivity index (χ0) is 36.4. The van der Waals surface area contributed by atoms with Crippen molar-refractivity contribution in [3.8, 4) is 28.6 Å². The van der Waals surface area contributed by atoms with Gasteiger partial charge in [-0.25, -0.2) is 0 Å². The molecule has 0 unspecified atom stereocenters. The first-order valence-corrected chi connectivity index (χ1v) is 18.5. The molecule has 12 rings (SSSR count). The van der Waals surface area contributed by atoms with Crippen LogP contribution in [0.4, 0.5) is 0 Å². The van der Waals surface area contributed by atoms with Gasteiger partial charge in [0.2, 0.25) is 0 Å². The number of hydrogen-bond acceptors (Lipinski definition) is 3. The minimum atomic E-state index is 0.673. The van der Waals surface area contributed by atoms with Crippen molar-refractivity contribution in [2.45, 2.75) is 6.92 Å². The van der Waals surface area contributed by atoms with Crippen molar-refractivity contribution in [2.75, 3.05) is 0 Å². The van der Waals surface area contributed by atoms with Crippen LogP contribution in [0, 0.1) is 18.3 Å². The zero-order valence-electron chi connectivity index (χ0n) is 29.7. The number of benzene rings is 8. The van der Waals surface area contributed by atoms with E-state index in [2.05, 4.69) is 156 Å². The molecule has 5 nitrogen and oxygen atoms in total. The fourth-order valence-electron chi connectivity index (χ4n) is 9.04. The first kappa shape index (κ1) is 30.0. The maximum absolute atomic E-state index is 9.98. The van der Waals surface area contributed by atoms with Crippen LogP contribution in [-0.4, -0.2) is 9.13 Å². The van der Waals surface area contributed by atoms with Gasteiger partial charge in [0.1, 0.15) is 22.3 Å². The van der Waals surface area contributed by atoms with Crippen molar-refractivity contribution in [3.05, 3.63) is 169 Å². The second kappa shape index (κ2) is 11.0. The van der Waals surface area contributed by atoms with E-state index in [1.807, 2.05) is 24.3 Å². The average molecular weight is 704 g/mol. The highest BCUT2D eigenvalue weighted by molar-refractivity contribution is 6.14. The minimum Gasteiger partial charge on any atom is -0.456 e. The number of rotatable bonds is 3. The summed E-state index contributed by atoms with van der Waals surface area (Å²) in [6.45, 7) is 2.19. The van der Waals surface area contributed by atoms with Gasteiger partial charge >= 0.3 is 0 Å². The summed E-state index contributed by atoms with van der Waals surface area (Å²) in [5, 5.41) is 18.8. The van der Waals surface area contributed by atoms with E-state index in [0.29, 0.717) is 5.56 Å². The second-order valence-electron chi connectivity index (χ2n) is 14.5. The number of para-hydroxylation sites is 2. The van der Waals surface area contributed by atoms with Crippen LogP contribution in [-0.2, 0) is 0 Å². The molecule has 4 aromatic heterocycles. The lowest BCUT2D eigenvalue weighted by atomic mass is 10.0. The molecule has 0 atom stereocenters. The first-order chi connectivity index (χ1) is 27.1. The van der Waals surface area contributed by atoms with E-state index in [1.54, 1.807) is 0 Å². The molecule has 55 heavy (non-hydrogen) atoms. The molecule has 0 aliphatic rings. The molecule has 12 aromatic rings. The van der Waals surface area contributed by atoms with E-state index in [1.165, 1.54) is 27.4 Å². The average Bonchev–Trinajstić information content (AvgIpc) is 3.97. The summed E-state index contributed by atoms with van der Waals surface area (Å²) in [5.41, 5.74) is 14.1. The molecular formula is C50H29N3O2. The molecule has 4 heterocycles. The molecule has 0 amide bonds. The predicted octanol–water partition coefficient (Wildman–Crippen LogP) is 13.5. The van der Waals surface area contributed by atoms with Crippen LogP contribution in [0.1, 0.15) is 11.1 Å². The Kier molecular flexibility index (Phi) is 5.99. The molecule has 0 radical (unpaired) electrons. The highest BCUT2D eigenvalue weighted by Crippen LogP contribution is 2.40. The number of aromatic nitrogens is 2. The van der Waals surface area contributed by atoms with Gasteiger partial charge in [-0.1, -0.05) is 66.7 Å². The molecule has 0 aliphatic heterocycles. The van der Waals surface area contributed by atoms with E-state index in [-0.39, 0.29) is 0 Å². The topological polar surface area (TPSA) is 59.9 Å². The van der Waals surface area contributed by atoms with Gasteiger partial charge in [-0.05, 0) is 115 Å². The minimum absolute atomic E-state index is 0.673. The lowest BCUT2D eigenvalue weighted by Gasteiger charge is -2.08. The number of nitriles is 1. The maximum atomic E-state index is 9.98. The van der Waals surface area contributed by atoms with Gasteiger partial charge in [0.15, 0.2) is 0 Å². The number of aryl methyl sites for hydroxylation is 1. The Morgan fingerprint density at radius 3 is 1.44 bits per heavy atom. The number of hydrogen-bond donors (Lipinski definition) is 0.